The number of carbonyl (C=O) groups is 1. The van der Waals surface area contributed by atoms with E-state index in [-0.39, 0.29) is 5.91 Å². The quantitative estimate of drug-likeness (QED) is 0.813. The van der Waals surface area contributed by atoms with Crippen molar-refractivity contribution in [1.29, 1.82) is 0 Å². The first-order valence-corrected chi connectivity index (χ1v) is 10.8. The van der Waals surface area contributed by atoms with E-state index >= 15 is 0 Å². The molecule has 0 aromatic heterocycles. The number of hydrogen-bond acceptors (Lipinski definition) is 4. The van der Waals surface area contributed by atoms with Crippen LogP contribution in [0.15, 0.2) is 48.5 Å². The van der Waals surface area contributed by atoms with E-state index in [4.69, 9.17) is 4.74 Å². The molecule has 1 aliphatic carbocycles. The monoisotopic (exact) mass is 393 g/mol. The highest BCUT2D eigenvalue weighted by atomic mass is 16.5. The third-order valence-corrected chi connectivity index (χ3v) is 6.00. The molecule has 0 bridgehead atoms. The second-order valence-corrected chi connectivity index (χ2v) is 8.15. The standard InChI is InChI=1S/C24H31N3O2/c1-26-14-16-27(17-15-26)23-9-5-2-6-20(23)18-25-24(28)19-10-12-22(13-11-19)29-21-7-3-4-8-21/h2,5-6,9-13,21H,3-4,7-8,14-18H2,1H3,(H,25,28). The number of benzene rings is 2. The van der Waals surface area contributed by atoms with Gasteiger partial charge in [-0.05, 0) is 68.6 Å². The fourth-order valence-electron chi connectivity index (χ4n) is 4.18. The van der Waals surface area contributed by atoms with Crippen molar-refractivity contribution in [3.05, 3.63) is 59.7 Å². The van der Waals surface area contributed by atoms with Crippen LogP contribution in [0.1, 0.15) is 41.6 Å². The highest BCUT2D eigenvalue weighted by Crippen LogP contribution is 2.25. The van der Waals surface area contributed by atoms with E-state index in [1.165, 1.54) is 18.5 Å². The Balaban J connectivity index is 1.35. The minimum atomic E-state index is -0.0504. The molecular formula is C24H31N3O2. The van der Waals surface area contributed by atoms with E-state index in [0.29, 0.717) is 18.2 Å². The van der Waals surface area contributed by atoms with Crippen molar-refractivity contribution >= 4 is 11.6 Å². The third kappa shape index (κ3) is 5.10. The molecule has 5 heteroatoms. The molecule has 1 aliphatic heterocycles. The lowest BCUT2D eigenvalue weighted by molar-refractivity contribution is 0.0951. The first-order chi connectivity index (χ1) is 14.2. The maximum atomic E-state index is 12.6. The number of likely N-dealkylation sites (N-methyl/N-ethyl adjacent to an activating group) is 1. The van der Waals surface area contributed by atoms with Gasteiger partial charge in [0.15, 0.2) is 0 Å². The van der Waals surface area contributed by atoms with Gasteiger partial charge in [0.2, 0.25) is 0 Å². The SMILES string of the molecule is CN1CCN(c2ccccc2CNC(=O)c2ccc(OC3CCCC3)cc2)CC1. The summed E-state index contributed by atoms with van der Waals surface area (Å²) in [5.74, 6) is 0.805. The minimum absolute atomic E-state index is 0.0504. The number of carbonyl (C=O) groups excluding carboxylic acids is 1. The van der Waals surface area contributed by atoms with Crippen LogP contribution in [-0.4, -0.2) is 50.1 Å². The van der Waals surface area contributed by atoms with Gasteiger partial charge >= 0.3 is 0 Å². The van der Waals surface area contributed by atoms with Gasteiger partial charge in [0.1, 0.15) is 5.75 Å². The van der Waals surface area contributed by atoms with Crippen LogP contribution in [0.2, 0.25) is 0 Å². The Bertz CT molecular complexity index is 807. The van der Waals surface area contributed by atoms with Crippen molar-refractivity contribution in [3.8, 4) is 5.75 Å². The first kappa shape index (κ1) is 19.8. The van der Waals surface area contributed by atoms with Crippen molar-refractivity contribution in [1.82, 2.24) is 10.2 Å². The average Bonchev–Trinajstić information content (AvgIpc) is 3.26. The second-order valence-electron chi connectivity index (χ2n) is 8.15. The van der Waals surface area contributed by atoms with E-state index in [1.807, 2.05) is 30.3 Å². The van der Waals surface area contributed by atoms with Crippen molar-refractivity contribution < 1.29 is 9.53 Å². The highest BCUT2D eigenvalue weighted by molar-refractivity contribution is 5.94. The summed E-state index contributed by atoms with van der Waals surface area (Å²) in [6.45, 7) is 4.70. The Morgan fingerprint density at radius 3 is 2.41 bits per heavy atom. The number of hydrogen-bond donors (Lipinski definition) is 1. The number of nitrogens with one attached hydrogen (secondary N) is 1. The van der Waals surface area contributed by atoms with Gasteiger partial charge < -0.3 is 19.9 Å². The molecule has 2 fully saturated rings. The molecule has 4 rings (SSSR count). The molecule has 5 nitrogen and oxygen atoms in total. The number of nitrogens with zero attached hydrogens (tertiary/aromatic N) is 2. The van der Waals surface area contributed by atoms with Gasteiger partial charge in [-0.2, -0.15) is 0 Å². The van der Waals surface area contributed by atoms with Crippen molar-refractivity contribution in [2.75, 3.05) is 38.1 Å². The van der Waals surface area contributed by atoms with Gasteiger partial charge in [-0.25, -0.2) is 0 Å². The van der Waals surface area contributed by atoms with Gasteiger partial charge in [0.25, 0.3) is 5.91 Å². The molecule has 2 aromatic carbocycles. The number of rotatable bonds is 6. The number of amides is 1. The van der Waals surface area contributed by atoms with Crippen LogP contribution in [0.25, 0.3) is 0 Å². The lowest BCUT2D eigenvalue weighted by Crippen LogP contribution is -2.45. The zero-order chi connectivity index (χ0) is 20.1. The summed E-state index contributed by atoms with van der Waals surface area (Å²) in [6.07, 6.45) is 5.10. The summed E-state index contributed by atoms with van der Waals surface area (Å²) in [7, 11) is 2.16. The summed E-state index contributed by atoms with van der Waals surface area (Å²) in [5.41, 5.74) is 3.05. The smallest absolute Gasteiger partial charge is 0.251 e. The third-order valence-electron chi connectivity index (χ3n) is 6.00. The van der Waals surface area contributed by atoms with Crippen LogP contribution >= 0.6 is 0 Å². The maximum Gasteiger partial charge on any atom is 0.251 e. The highest BCUT2D eigenvalue weighted by Gasteiger charge is 2.18. The van der Waals surface area contributed by atoms with E-state index in [1.54, 1.807) is 0 Å². The molecule has 1 N–H and O–H groups in total. The summed E-state index contributed by atoms with van der Waals surface area (Å²) >= 11 is 0. The molecule has 2 aliphatic rings. The number of ether oxygens (including phenoxy) is 1. The first-order valence-electron chi connectivity index (χ1n) is 10.8. The summed E-state index contributed by atoms with van der Waals surface area (Å²) in [4.78, 5) is 17.4. The fourth-order valence-corrected chi connectivity index (χ4v) is 4.18. The Labute approximate surface area is 173 Å². The lowest BCUT2D eigenvalue weighted by atomic mass is 10.1. The van der Waals surface area contributed by atoms with E-state index in [2.05, 4.69) is 40.4 Å². The molecule has 2 aromatic rings. The minimum Gasteiger partial charge on any atom is -0.490 e. The predicted molar refractivity (Wildman–Crippen MR) is 117 cm³/mol. The summed E-state index contributed by atoms with van der Waals surface area (Å²) in [5, 5.41) is 3.08. The molecule has 1 saturated carbocycles. The Kier molecular flexibility index (Phi) is 6.35. The van der Waals surface area contributed by atoms with E-state index in [0.717, 1.165) is 50.3 Å². The van der Waals surface area contributed by atoms with Crippen LogP contribution in [0.4, 0.5) is 5.69 Å². The second kappa shape index (κ2) is 9.31. The maximum absolute atomic E-state index is 12.6. The number of anilines is 1. The van der Waals surface area contributed by atoms with Gasteiger partial charge in [-0.3, -0.25) is 4.79 Å². The van der Waals surface area contributed by atoms with Crippen LogP contribution in [0.3, 0.4) is 0 Å². The molecule has 0 unspecified atom stereocenters. The molecular weight excluding hydrogens is 362 g/mol. The largest absolute Gasteiger partial charge is 0.490 e. The van der Waals surface area contributed by atoms with Gasteiger partial charge in [-0.15, -0.1) is 0 Å². The zero-order valence-electron chi connectivity index (χ0n) is 17.3. The molecule has 0 spiro atoms. The van der Waals surface area contributed by atoms with Gasteiger partial charge in [0, 0.05) is 44.0 Å². The van der Waals surface area contributed by atoms with Crippen molar-refractivity contribution in [2.24, 2.45) is 0 Å². The summed E-state index contributed by atoms with van der Waals surface area (Å²) in [6, 6.07) is 15.9. The zero-order valence-corrected chi connectivity index (χ0v) is 17.3. The molecule has 154 valence electrons. The molecule has 29 heavy (non-hydrogen) atoms. The fraction of sp³-hybridized carbons (Fsp3) is 0.458. The van der Waals surface area contributed by atoms with Crippen LogP contribution in [0, 0.1) is 0 Å². The number of piperazine rings is 1. The van der Waals surface area contributed by atoms with Crippen molar-refractivity contribution in [3.63, 3.8) is 0 Å². The topological polar surface area (TPSA) is 44.8 Å². The van der Waals surface area contributed by atoms with Crippen LogP contribution in [0.5, 0.6) is 5.75 Å². The molecule has 1 amide bonds. The average molecular weight is 394 g/mol. The van der Waals surface area contributed by atoms with Gasteiger partial charge in [0.05, 0.1) is 6.10 Å². The van der Waals surface area contributed by atoms with E-state index in [9.17, 15) is 4.79 Å². The molecule has 1 saturated heterocycles. The van der Waals surface area contributed by atoms with Crippen LogP contribution < -0.4 is 15.0 Å². The molecule has 0 radical (unpaired) electrons. The van der Waals surface area contributed by atoms with Crippen molar-refractivity contribution in [2.45, 2.75) is 38.3 Å². The molecule has 1 heterocycles. The Hall–Kier alpha value is -2.53. The number of para-hydroxylation sites is 1. The Morgan fingerprint density at radius 1 is 1.00 bits per heavy atom. The normalized spacial score (nSPS) is 18.0. The van der Waals surface area contributed by atoms with Gasteiger partial charge in [-0.1, -0.05) is 18.2 Å². The van der Waals surface area contributed by atoms with Crippen LogP contribution in [-0.2, 0) is 6.54 Å². The Morgan fingerprint density at radius 2 is 1.69 bits per heavy atom. The van der Waals surface area contributed by atoms with E-state index < -0.39 is 0 Å². The summed E-state index contributed by atoms with van der Waals surface area (Å²) < 4.78 is 5.99. The lowest BCUT2D eigenvalue weighted by Gasteiger charge is -2.35. The predicted octanol–water partition coefficient (Wildman–Crippen LogP) is 3.69. The molecule has 0 atom stereocenters.